The quantitative estimate of drug-likeness (QED) is 0.803. The van der Waals surface area contributed by atoms with Gasteiger partial charge >= 0.3 is 5.97 Å². The molecule has 0 amide bonds. The van der Waals surface area contributed by atoms with Gasteiger partial charge in [0.2, 0.25) is 0 Å². The van der Waals surface area contributed by atoms with Crippen molar-refractivity contribution in [2.75, 3.05) is 6.54 Å². The van der Waals surface area contributed by atoms with Crippen molar-refractivity contribution in [3.8, 4) is 0 Å². The van der Waals surface area contributed by atoms with Crippen LogP contribution in [0.2, 0.25) is 0 Å². The monoisotopic (exact) mass is 253 g/mol. The standard InChI is InChI=1S/C13H23N3O2/c1-5-11-8-12(15(4)14-11)9-16(10(2)3)7-6-13(17)18/h8,10H,5-7,9H2,1-4H3,(H,17,18). The molecule has 0 aromatic carbocycles. The van der Waals surface area contributed by atoms with Crippen LogP contribution in [-0.2, 0) is 24.8 Å². The second kappa shape index (κ2) is 6.54. The van der Waals surface area contributed by atoms with Crippen molar-refractivity contribution in [2.24, 2.45) is 7.05 Å². The summed E-state index contributed by atoms with van der Waals surface area (Å²) in [7, 11) is 1.93. The third-order valence-corrected chi connectivity index (χ3v) is 3.10. The molecule has 0 aliphatic heterocycles. The van der Waals surface area contributed by atoms with Crippen molar-refractivity contribution in [1.29, 1.82) is 0 Å². The van der Waals surface area contributed by atoms with Gasteiger partial charge in [-0.1, -0.05) is 6.92 Å². The smallest absolute Gasteiger partial charge is 0.304 e. The zero-order chi connectivity index (χ0) is 13.7. The molecule has 18 heavy (non-hydrogen) atoms. The van der Waals surface area contributed by atoms with Gasteiger partial charge in [0.15, 0.2) is 0 Å². The average molecular weight is 253 g/mol. The van der Waals surface area contributed by atoms with Crippen molar-refractivity contribution in [3.05, 3.63) is 17.5 Å². The lowest BCUT2D eigenvalue weighted by Crippen LogP contribution is -2.33. The first-order chi connectivity index (χ1) is 8.43. The fourth-order valence-corrected chi connectivity index (χ4v) is 1.86. The predicted octanol–water partition coefficient (Wildman–Crippen LogP) is 1.67. The summed E-state index contributed by atoms with van der Waals surface area (Å²) in [6, 6.07) is 2.42. The molecule has 0 bridgehead atoms. The molecule has 1 aromatic rings. The number of aromatic nitrogens is 2. The normalized spacial score (nSPS) is 11.4. The van der Waals surface area contributed by atoms with Crippen molar-refractivity contribution >= 4 is 5.97 Å². The molecule has 5 nitrogen and oxygen atoms in total. The van der Waals surface area contributed by atoms with Gasteiger partial charge < -0.3 is 5.11 Å². The van der Waals surface area contributed by atoms with E-state index >= 15 is 0 Å². The molecule has 102 valence electrons. The summed E-state index contributed by atoms with van der Waals surface area (Å²) >= 11 is 0. The summed E-state index contributed by atoms with van der Waals surface area (Å²) in [6.45, 7) is 7.56. The molecule has 0 unspecified atom stereocenters. The lowest BCUT2D eigenvalue weighted by molar-refractivity contribution is -0.137. The van der Waals surface area contributed by atoms with Crippen LogP contribution >= 0.6 is 0 Å². The minimum atomic E-state index is -0.750. The Morgan fingerprint density at radius 1 is 1.56 bits per heavy atom. The molecule has 0 saturated carbocycles. The van der Waals surface area contributed by atoms with E-state index in [2.05, 4.69) is 36.8 Å². The van der Waals surface area contributed by atoms with Crippen LogP contribution < -0.4 is 0 Å². The fourth-order valence-electron chi connectivity index (χ4n) is 1.86. The van der Waals surface area contributed by atoms with Crippen LogP contribution in [0.25, 0.3) is 0 Å². The lowest BCUT2D eigenvalue weighted by Gasteiger charge is -2.25. The topological polar surface area (TPSA) is 58.4 Å². The summed E-state index contributed by atoms with van der Waals surface area (Å²) in [4.78, 5) is 12.8. The van der Waals surface area contributed by atoms with E-state index in [1.807, 2.05) is 11.7 Å². The van der Waals surface area contributed by atoms with Crippen LogP contribution in [0, 0.1) is 0 Å². The molecular formula is C13H23N3O2. The van der Waals surface area contributed by atoms with Gasteiger partial charge in [-0.2, -0.15) is 5.10 Å². The fraction of sp³-hybridized carbons (Fsp3) is 0.692. The van der Waals surface area contributed by atoms with Gasteiger partial charge in [0.1, 0.15) is 0 Å². The Hall–Kier alpha value is -1.36. The predicted molar refractivity (Wildman–Crippen MR) is 70.4 cm³/mol. The number of carbonyl (C=O) groups is 1. The molecule has 0 aliphatic carbocycles. The minimum Gasteiger partial charge on any atom is -0.481 e. The molecule has 0 fully saturated rings. The molecule has 0 atom stereocenters. The Bertz CT molecular complexity index is 399. The number of aryl methyl sites for hydroxylation is 2. The van der Waals surface area contributed by atoms with Crippen LogP contribution in [0.15, 0.2) is 6.07 Å². The SMILES string of the molecule is CCc1cc(CN(CCC(=O)O)C(C)C)n(C)n1. The van der Waals surface area contributed by atoms with Crippen LogP contribution in [0.5, 0.6) is 0 Å². The highest BCUT2D eigenvalue weighted by Crippen LogP contribution is 2.10. The first-order valence-corrected chi connectivity index (χ1v) is 6.41. The van der Waals surface area contributed by atoms with Gasteiger partial charge in [0.05, 0.1) is 17.8 Å². The van der Waals surface area contributed by atoms with E-state index in [4.69, 9.17) is 5.11 Å². The first-order valence-electron chi connectivity index (χ1n) is 6.41. The van der Waals surface area contributed by atoms with Crippen molar-refractivity contribution in [1.82, 2.24) is 14.7 Å². The summed E-state index contributed by atoms with van der Waals surface area (Å²) in [5.41, 5.74) is 2.21. The molecular weight excluding hydrogens is 230 g/mol. The van der Waals surface area contributed by atoms with Crippen molar-refractivity contribution in [2.45, 2.75) is 46.2 Å². The summed E-state index contributed by atoms with van der Waals surface area (Å²) < 4.78 is 1.88. The number of aliphatic carboxylic acids is 1. The largest absolute Gasteiger partial charge is 0.481 e. The molecule has 0 aliphatic rings. The van der Waals surface area contributed by atoms with Gasteiger partial charge in [-0.05, 0) is 26.3 Å². The van der Waals surface area contributed by atoms with E-state index in [1.165, 1.54) is 0 Å². The van der Waals surface area contributed by atoms with Gasteiger partial charge in [0, 0.05) is 26.2 Å². The van der Waals surface area contributed by atoms with Gasteiger partial charge in [0.25, 0.3) is 0 Å². The molecule has 5 heteroatoms. The highest BCUT2D eigenvalue weighted by Gasteiger charge is 2.14. The summed E-state index contributed by atoms with van der Waals surface area (Å²) in [5, 5.41) is 13.2. The lowest BCUT2D eigenvalue weighted by atomic mass is 10.2. The van der Waals surface area contributed by atoms with E-state index < -0.39 is 5.97 Å². The Morgan fingerprint density at radius 3 is 2.67 bits per heavy atom. The van der Waals surface area contributed by atoms with Crippen LogP contribution in [0.1, 0.15) is 38.6 Å². The Balaban J connectivity index is 2.70. The van der Waals surface area contributed by atoms with E-state index in [0.717, 1.165) is 24.4 Å². The second-order valence-electron chi connectivity index (χ2n) is 4.81. The van der Waals surface area contributed by atoms with Gasteiger partial charge in [-0.3, -0.25) is 14.4 Å². The number of carboxylic acid groups (broad SMARTS) is 1. The van der Waals surface area contributed by atoms with E-state index in [1.54, 1.807) is 0 Å². The molecule has 1 rings (SSSR count). The number of carboxylic acids is 1. The third-order valence-electron chi connectivity index (χ3n) is 3.10. The van der Waals surface area contributed by atoms with Crippen LogP contribution in [-0.4, -0.2) is 38.3 Å². The zero-order valence-electron chi connectivity index (χ0n) is 11.7. The molecule has 1 heterocycles. The third kappa shape index (κ3) is 4.14. The molecule has 1 aromatic heterocycles. The maximum absolute atomic E-state index is 10.7. The number of hydrogen-bond acceptors (Lipinski definition) is 3. The first kappa shape index (κ1) is 14.7. The maximum atomic E-state index is 10.7. The molecule has 1 N–H and O–H groups in total. The van der Waals surface area contributed by atoms with Crippen LogP contribution in [0.4, 0.5) is 0 Å². The van der Waals surface area contributed by atoms with E-state index in [-0.39, 0.29) is 6.42 Å². The van der Waals surface area contributed by atoms with Gasteiger partial charge in [-0.25, -0.2) is 0 Å². The highest BCUT2D eigenvalue weighted by molar-refractivity contribution is 5.66. The van der Waals surface area contributed by atoms with Gasteiger partial charge in [-0.15, -0.1) is 0 Å². The zero-order valence-corrected chi connectivity index (χ0v) is 11.7. The Kier molecular flexibility index (Phi) is 5.34. The maximum Gasteiger partial charge on any atom is 0.304 e. The molecule has 0 saturated heterocycles. The highest BCUT2D eigenvalue weighted by atomic mass is 16.4. The number of hydrogen-bond donors (Lipinski definition) is 1. The van der Waals surface area contributed by atoms with E-state index in [9.17, 15) is 4.79 Å². The van der Waals surface area contributed by atoms with Crippen molar-refractivity contribution in [3.63, 3.8) is 0 Å². The molecule has 0 spiro atoms. The van der Waals surface area contributed by atoms with Crippen LogP contribution in [0.3, 0.4) is 0 Å². The second-order valence-corrected chi connectivity index (χ2v) is 4.81. The van der Waals surface area contributed by atoms with E-state index in [0.29, 0.717) is 12.6 Å². The Labute approximate surface area is 108 Å². The molecule has 0 radical (unpaired) electrons. The number of rotatable bonds is 7. The minimum absolute atomic E-state index is 0.177. The average Bonchev–Trinajstić information content (AvgIpc) is 2.64. The number of nitrogens with zero attached hydrogens (tertiary/aromatic N) is 3. The summed E-state index contributed by atoms with van der Waals surface area (Å²) in [6.07, 6.45) is 1.10. The summed E-state index contributed by atoms with van der Waals surface area (Å²) in [5.74, 6) is -0.750. The van der Waals surface area contributed by atoms with Crippen molar-refractivity contribution < 1.29 is 9.90 Å². The Morgan fingerprint density at radius 2 is 2.22 bits per heavy atom.